The van der Waals surface area contributed by atoms with Crippen LogP contribution in [0.2, 0.25) is 0 Å². The normalized spacial score (nSPS) is 11.7. The molecule has 1 amide bonds. The largest absolute Gasteiger partial charge is 0.466 e. The number of rotatable bonds is 10. The second kappa shape index (κ2) is 11.3. The van der Waals surface area contributed by atoms with Crippen LogP contribution in [0.4, 0.5) is 0 Å². The Morgan fingerprint density at radius 3 is 2.32 bits per heavy atom. The topological polar surface area (TPSA) is 46.6 Å². The van der Waals surface area contributed by atoms with E-state index < -0.39 is 0 Å². The summed E-state index contributed by atoms with van der Waals surface area (Å²) in [6, 6.07) is 18.3. The molecule has 0 saturated carbocycles. The summed E-state index contributed by atoms with van der Waals surface area (Å²) >= 11 is 0. The molecule has 2 aromatic rings. The second-order valence-electron chi connectivity index (χ2n) is 7.07. The van der Waals surface area contributed by atoms with Crippen LogP contribution in [0, 0.1) is 6.92 Å². The monoisotopic (exact) mass is 381 g/mol. The Balaban J connectivity index is 1.98. The number of hydrogen-bond acceptors (Lipinski definition) is 3. The Kier molecular flexibility index (Phi) is 8.73. The first-order valence-corrected chi connectivity index (χ1v) is 10.1. The van der Waals surface area contributed by atoms with Crippen LogP contribution in [-0.2, 0) is 20.7 Å². The van der Waals surface area contributed by atoms with E-state index in [0.717, 1.165) is 18.4 Å². The number of esters is 1. The van der Waals surface area contributed by atoms with Gasteiger partial charge in [0.2, 0.25) is 5.91 Å². The van der Waals surface area contributed by atoms with E-state index in [0.29, 0.717) is 19.6 Å². The molecule has 0 aliphatic heterocycles. The lowest BCUT2D eigenvalue weighted by molar-refractivity contribution is -0.144. The van der Waals surface area contributed by atoms with E-state index in [2.05, 4.69) is 31.2 Å². The van der Waals surface area contributed by atoms with Gasteiger partial charge in [-0.05, 0) is 44.7 Å². The van der Waals surface area contributed by atoms with Crippen molar-refractivity contribution in [2.24, 2.45) is 0 Å². The zero-order valence-corrected chi connectivity index (χ0v) is 17.2. The minimum Gasteiger partial charge on any atom is -0.466 e. The summed E-state index contributed by atoms with van der Waals surface area (Å²) in [7, 11) is 0. The molecule has 0 aliphatic rings. The van der Waals surface area contributed by atoms with Crippen LogP contribution < -0.4 is 0 Å². The fourth-order valence-electron chi connectivity index (χ4n) is 3.23. The van der Waals surface area contributed by atoms with Gasteiger partial charge in [0.05, 0.1) is 19.1 Å². The lowest BCUT2D eigenvalue weighted by Crippen LogP contribution is -2.35. The number of hydrogen-bond donors (Lipinski definition) is 0. The summed E-state index contributed by atoms with van der Waals surface area (Å²) in [6.07, 6.45) is 2.35. The van der Waals surface area contributed by atoms with Gasteiger partial charge in [0.25, 0.3) is 0 Å². The predicted octanol–water partition coefficient (Wildman–Crippen LogP) is 4.86. The fraction of sp³-hybridized carbons (Fsp3) is 0.417. The highest BCUT2D eigenvalue weighted by Gasteiger charge is 2.22. The molecule has 0 saturated heterocycles. The lowest BCUT2D eigenvalue weighted by Gasteiger charge is -2.29. The van der Waals surface area contributed by atoms with Crippen LogP contribution >= 0.6 is 0 Å². The zero-order valence-electron chi connectivity index (χ0n) is 17.2. The van der Waals surface area contributed by atoms with Crippen molar-refractivity contribution in [2.45, 2.75) is 52.5 Å². The molecule has 2 rings (SSSR count). The van der Waals surface area contributed by atoms with E-state index in [1.165, 1.54) is 11.1 Å². The molecule has 0 bridgehead atoms. The predicted molar refractivity (Wildman–Crippen MR) is 112 cm³/mol. The van der Waals surface area contributed by atoms with Crippen LogP contribution in [-0.4, -0.2) is 29.9 Å². The molecule has 0 spiro atoms. The quantitative estimate of drug-likeness (QED) is 0.552. The van der Waals surface area contributed by atoms with E-state index in [4.69, 9.17) is 4.74 Å². The Morgan fingerprint density at radius 2 is 1.68 bits per heavy atom. The van der Waals surface area contributed by atoms with E-state index >= 15 is 0 Å². The maximum atomic E-state index is 12.9. The second-order valence-corrected chi connectivity index (χ2v) is 7.07. The minimum absolute atomic E-state index is 0.0766. The molecule has 0 heterocycles. The van der Waals surface area contributed by atoms with Gasteiger partial charge in [-0.15, -0.1) is 0 Å². The first-order valence-electron chi connectivity index (χ1n) is 10.1. The van der Waals surface area contributed by atoms with Crippen molar-refractivity contribution in [3.8, 4) is 0 Å². The molecule has 4 nitrogen and oxygen atoms in total. The third-order valence-electron chi connectivity index (χ3n) is 4.91. The summed E-state index contributed by atoms with van der Waals surface area (Å²) < 4.78 is 5.03. The number of ether oxygens (including phenoxy) is 1. The molecule has 150 valence electrons. The van der Waals surface area contributed by atoms with Crippen molar-refractivity contribution in [1.82, 2.24) is 4.90 Å². The molecular weight excluding hydrogens is 350 g/mol. The van der Waals surface area contributed by atoms with Crippen LogP contribution in [0.3, 0.4) is 0 Å². The maximum Gasteiger partial charge on any atom is 0.307 e. The highest BCUT2D eigenvalue weighted by atomic mass is 16.5. The molecule has 2 aromatic carbocycles. The molecule has 28 heavy (non-hydrogen) atoms. The first-order chi connectivity index (χ1) is 13.5. The van der Waals surface area contributed by atoms with Crippen LogP contribution in [0.15, 0.2) is 54.6 Å². The number of benzene rings is 2. The van der Waals surface area contributed by atoms with Gasteiger partial charge in [0, 0.05) is 13.0 Å². The van der Waals surface area contributed by atoms with Crippen molar-refractivity contribution in [2.75, 3.05) is 13.2 Å². The molecule has 0 aromatic heterocycles. The zero-order chi connectivity index (χ0) is 20.4. The van der Waals surface area contributed by atoms with Crippen molar-refractivity contribution in [3.63, 3.8) is 0 Å². The third kappa shape index (κ3) is 6.84. The molecule has 0 fully saturated rings. The first kappa shape index (κ1) is 21.7. The molecule has 0 radical (unpaired) electrons. The SMILES string of the molecule is CCOC(=O)CCN(C(=O)CCCc1ccc(C)cc1)C(C)c1ccccc1. The highest BCUT2D eigenvalue weighted by Crippen LogP contribution is 2.22. The van der Waals surface area contributed by atoms with Crippen LogP contribution in [0.1, 0.15) is 55.8 Å². The van der Waals surface area contributed by atoms with E-state index in [1.807, 2.05) is 37.3 Å². The Hall–Kier alpha value is -2.62. The van der Waals surface area contributed by atoms with Gasteiger partial charge in [0.15, 0.2) is 0 Å². The molecular formula is C24H31NO3. The maximum absolute atomic E-state index is 12.9. The number of carbonyl (C=O) groups excluding carboxylic acids is 2. The van der Waals surface area contributed by atoms with Crippen molar-refractivity contribution >= 4 is 11.9 Å². The van der Waals surface area contributed by atoms with Crippen molar-refractivity contribution in [1.29, 1.82) is 0 Å². The number of nitrogens with zero attached hydrogens (tertiary/aromatic N) is 1. The van der Waals surface area contributed by atoms with Gasteiger partial charge in [0.1, 0.15) is 0 Å². The molecule has 1 atom stereocenters. The minimum atomic E-state index is -0.264. The Bertz CT molecular complexity index is 740. The number of amides is 1. The van der Waals surface area contributed by atoms with Gasteiger partial charge in [-0.1, -0.05) is 60.2 Å². The standard InChI is InChI=1S/C24H31NO3/c1-4-28-24(27)17-18-25(20(3)22-10-6-5-7-11-22)23(26)12-8-9-21-15-13-19(2)14-16-21/h5-7,10-11,13-16,20H,4,8-9,12,17-18H2,1-3H3. The highest BCUT2D eigenvalue weighted by molar-refractivity contribution is 5.77. The van der Waals surface area contributed by atoms with Gasteiger partial charge in [-0.3, -0.25) is 9.59 Å². The summed E-state index contributed by atoms with van der Waals surface area (Å²) in [5.41, 5.74) is 3.55. The van der Waals surface area contributed by atoms with Crippen molar-refractivity contribution in [3.05, 3.63) is 71.3 Å². The lowest BCUT2D eigenvalue weighted by atomic mass is 10.0. The summed E-state index contributed by atoms with van der Waals surface area (Å²) in [5, 5.41) is 0. The summed E-state index contributed by atoms with van der Waals surface area (Å²) in [5.74, 6) is -0.187. The van der Waals surface area contributed by atoms with Crippen LogP contribution in [0.25, 0.3) is 0 Å². The van der Waals surface area contributed by atoms with E-state index in [-0.39, 0.29) is 24.3 Å². The average Bonchev–Trinajstić information content (AvgIpc) is 2.70. The third-order valence-corrected chi connectivity index (χ3v) is 4.91. The van der Waals surface area contributed by atoms with Crippen molar-refractivity contribution < 1.29 is 14.3 Å². The summed E-state index contributed by atoms with van der Waals surface area (Å²) in [4.78, 5) is 26.5. The molecule has 4 heteroatoms. The number of carbonyl (C=O) groups is 2. The van der Waals surface area contributed by atoms with Gasteiger partial charge >= 0.3 is 5.97 Å². The molecule has 0 aliphatic carbocycles. The van der Waals surface area contributed by atoms with Crippen LogP contribution in [0.5, 0.6) is 0 Å². The fourth-order valence-corrected chi connectivity index (χ4v) is 3.23. The smallest absolute Gasteiger partial charge is 0.307 e. The Labute approximate surface area is 168 Å². The Morgan fingerprint density at radius 1 is 1.00 bits per heavy atom. The van der Waals surface area contributed by atoms with Gasteiger partial charge in [-0.2, -0.15) is 0 Å². The number of aryl methyl sites for hydroxylation is 2. The van der Waals surface area contributed by atoms with E-state index in [9.17, 15) is 9.59 Å². The van der Waals surface area contributed by atoms with E-state index in [1.54, 1.807) is 11.8 Å². The summed E-state index contributed by atoms with van der Waals surface area (Å²) in [6.45, 7) is 6.60. The molecule has 0 N–H and O–H groups in total. The van der Waals surface area contributed by atoms with Gasteiger partial charge < -0.3 is 9.64 Å². The average molecular weight is 382 g/mol. The van der Waals surface area contributed by atoms with Gasteiger partial charge in [-0.25, -0.2) is 0 Å². The molecule has 1 unspecified atom stereocenters.